The van der Waals surface area contributed by atoms with Gasteiger partial charge in [-0.1, -0.05) is 40.9 Å². The van der Waals surface area contributed by atoms with Crippen molar-refractivity contribution < 1.29 is 4.79 Å². The third kappa shape index (κ3) is 3.20. The van der Waals surface area contributed by atoms with Gasteiger partial charge in [-0.25, -0.2) is 0 Å². The van der Waals surface area contributed by atoms with Crippen molar-refractivity contribution in [2.45, 2.75) is 23.5 Å². The summed E-state index contributed by atoms with van der Waals surface area (Å²) in [6, 6.07) is 11.3. The number of amides is 1. The highest BCUT2D eigenvalue weighted by Gasteiger charge is 2.28. The summed E-state index contributed by atoms with van der Waals surface area (Å²) in [7, 11) is 0. The minimum absolute atomic E-state index is 0.0435. The molecule has 0 fully saturated rings. The lowest BCUT2D eigenvalue weighted by Gasteiger charge is -2.11. The molecular formula is C16H13Cl2NOS. The fourth-order valence-electron chi connectivity index (χ4n) is 2.29. The predicted octanol–water partition coefficient (Wildman–Crippen LogP) is 4.96. The van der Waals surface area contributed by atoms with Crippen molar-refractivity contribution >= 4 is 46.6 Å². The van der Waals surface area contributed by atoms with Gasteiger partial charge in [0.05, 0.1) is 16.0 Å². The highest BCUT2D eigenvalue weighted by molar-refractivity contribution is 8.01. The molecule has 2 nitrogen and oxygen atoms in total. The lowest BCUT2D eigenvalue weighted by Crippen LogP contribution is -2.24. The number of nitrogens with one attached hydrogen (secondary N) is 1. The quantitative estimate of drug-likeness (QED) is 0.839. The highest BCUT2D eigenvalue weighted by atomic mass is 35.5. The van der Waals surface area contributed by atoms with E-state index in [-0.39, 0.29) is 11.2 Å². The molecule has 0 spiro atoms. The first-order valence-electron chi connectivity index (χ1n) is 6.55. The Kier molecular flexibility index (Phi) is 4.16. The number of benzene rings is 2. The Bertz CT molecular complexity index is 717. The second-order valence-electron chi connectivity index (χ2n) is 5.04. The van der Waals surface area contributed by atoms with Crippen LogP contribution < -0.4 is 5.32 Å². The zero-order chi connectivity index (χ0) is 15.0. The van der Waals surface area contributed by atoms with E-state index in [2.05, 4.69) is 30.4 Å². The van der Waals surface area contributed by atoms with Crippen LogP contribution >= 0.6 is 35.0 Å². The average molecular weight is 338 g/mol. The molecule has 1 aliphatic heterocycles. The van der Waals surface area contributed by atoms with Gasteiger partial charge in [0.1, 0.15) is 0 Å². The van der Waals surface area contributed by atoms with Gasteiger partial charge in [0.2, 0.25) is 5.91 Å². The van der Waals surface area contributed by atoms with Crippen LogP contribution in [0.5, 0.6) is 0 Å². The maximum absolute atomic E-state index is 12.4. The summed E-state index contributed by atoms with van der Waals surface area (Å²) in [6.07, 6.45) is 0.740. The number of hydrogen-bond donors (Lipinski definition) is 1. The van der Waals surface area contributed by atoms with Crippen LogP contribution in [0.1, 0.15) is 11.1 Å². The average Bonchev–Trinajstić information content (AvgIpc) is 2.86. The molecule has 0 saturated carbocycles. The van der Waals surface area contributed by atoms with Crippen LogP contribution in [0.25, 0.3) is 0 Å². The highest BCUT2D eigenvalue weighted by Crippen LogP contribution is 2.38. The third-order valence-corrected chi connectivity index (χ3v) is 5.24. The molecule has 108 valence electrons. The van der Waals surface area contributed by atoms with E-state index in [1.807, 2.05) is 0 Å². The molecule has 0 saturated heterocycles. The second kappa shape index (κ2) is 5.91. The van der Waals surface area contributed by atoms with Crippen molar-refractivity contribution in [2.75, 3.05) is 5.32 Å². The van der Waals surface area contributed by atoms with E-state index >= 15 is 0 Å². The third-order valence-electron chi connectivity index (χ3n) is 3.38. The molecule has 0 aromatic heterocycles. The maximum Gasteiger partial charge on any atom is 0.238 e. The number of aryl methyl sites for hydroxylation is 1. The van der Waals surface area contributed by atoms with Crippen LogP contribution in [-0.2, 0) is 11.2 Å². The first kappa shape index (κ1) is 14.8. The van der Waals surface area contributed by atoms with Crippen molar-refractivity contribution in [1.82, 2.24) is 0 Å². The number of hydrogen-bond acceptors (Lipinski definition) is 2. The Morgan fingerprint density at radius 3 is 2.86 bits per heavy atom. The standard InChI is InChI=1S/C16H13Cl2NOS/c1-9-2-3-10-7-15(21-14(10)6-9)16(20)19-13-8-11(17)4-5-12(13)18/h2-6,8,15H,7H2,1H3,(H,19,20). The molecule has 1 amide bonds. The Balaban J connectivity index is 1.74. The summed E-state index contributed by atoms with van der Waals surface area (Å²) in [5.74, 6) is -0.0435. The molecule has 2 aromatic rings. The predicted molar refractivity (Wildman–Crippen MR) is 89.6 cm³/mol. The molecule has 0 radical (unpaired) electrons. The lowest BCUT2D eigenvalue weighted by molar-refractivity contribution is -0.115. The second-order valence-corrected chi connectivity index (χ2v) is 7.12. The minimum Gasteiger partial charge on any atom is -0.324 e. The molecular weight excluding hydrogens is 325 g/mol. The Morgan fingerprint density at radius 2 is 2.05 bits per heavy atom. The smallest absolute Gasteiger partial charge is 0.238 e. The molecule has 1 heterocycles. The monoisotopic (exact) mass is 337 g/mol. The fourth-order valence-corrected chi connectivity index (χ4v) is 3.92. The van der Waals surface area contributed by atoms with E-state index in [9.17, 15) is 4.79 Å². The zero-order valence-corrected chi connectivity index (χ0v) is 13.6. The number of fused-ring (bicyclic) bond motifs is 1. The van der Waals surface area contributed by atoms with Crippen LogP contribution in [-0.4, -0.2) is 11.2 Å². The Labute approximate surface area is 137 Å². The summed E-state index contributed by atoms with van der Waals surface area (Å²) >= 11 is 13.6. The van der Waals surface area contributed by atoms with Crippen molar-refractivity contribution in [3.05, 3.63) is 57.6 Å². The van der Waals surface area contributed by atoms with E-state index in [0.29, 0.717) is 15.7 Å². The van der Waals surface area contributed by atoms with Crippen molar-refractivity contribution in [3.8, 4) is 0 Å². The number of rotatable bonds is 2. The van der Waals surface area contributed by atoms with E-state index in [0.717, 1.165) is 6.42 Å². The molecule has 1 N–H and O–H groups in total. The molecule has 21 heavy (non-hydrogen) atoms. The largest absolute Gasteiger partial charge is 0.324 e. The molecule has 5 heteroatoms. The van der Waals surface area contributed by atoms with Gasteiger partial charge in [-0.3, -0.25) is 4.79 Å². The first-order valence-corrected chi connectivity index (χ1v) is 8.18. The SMILES string of the molecule is Cc1ccc2c(c1)SC(C(=O)Nc1cc(Cl)ccc1Cl)C2. The normalized spacial score (nSPS) is 16.6. The Morgan fingerprint density at radius 1 is 1.24 bits per heavy atom. The molecule has 3 rings (SSSR count). The minimum atomic E-state index is -0.128. The van der Waals surface area contributed by atoms with E-state index in [1.165, 1.54) is 16.0 Å². The van der Waals surface area contributed by atoms with Gasteiger partial charge in [-0.05, 0) is 43.2 Å². The Hall–Kier alpha value is -1.16. The summed E-state index contributed by atoms with van der Waals surface area (Å²) in [6.45, 7) is 2.06. The van der Waals surface area contributed by atoms with Crippen molar-refractivity contribution in [3.63, 3.8) is 0 Å². The summed E-state index contributed by atoms with van der Waals surface area (Å²) in [4.78, 5) is 13.6. The maximum atomic E-state index is 12.4. The van der Waals surface area contributed by atoms with Crippen LogP contribution in [0.4, 0.5) is 5.69 Å². The summed E-state index contributed by atoms with van der Waals surface area (Å²) < 4.78 is 0. The van der Waals surface area contributed by atoms with Crippen LogP contribution in [0.15, 0.2) is 41.3 Å². The van der Waals surface area contributed by atoms with Gasteiger partial charge in [-0.15, -0.1) is 11.8 Å². The first-order chi connectivity index (χ1) is 10.0. The van der Waals surface area contributed by atoms with Gasteiger partial charge < -0.3 is 5.32 Å². The molecule has 1 unspecified atom stereocenters. The number of anilines is 1. The number of thioether (sulfide) groups is 1. The summed E-state index contributed by atoms with van der Waals surface area (Å²) in [5.41, 5.74) is 2.99. The van der Waals surface area contributed by atoms with Gasteiger partial charge in [0, 0.05) is 9.92 Å². The van der Waals surface area contributed by atoms with E-state index < -0.39 is 0 Å². The van der Waals surface area contributed by atoms with Gasteiger partial charge in [0.25, 0.3) is 0 Å². The van der Waals surface area contributed by atoms with Crippen LogP contribution in [0.3, 0.4) is 0 Å². The summed E-state index contributed by atoms with van der Waals surface area (Å²) in [5, 5.41) is 3.78. The van der Waals surface area contributed by atoms with Gasteiger partial charge in [-0.2, -0.15) is 0 Å². The van der Waals surface area contributed by atoms with Gasteiger partial charge in [0.15, 0.2) is 0 Å². The molecule has 2 aromatic carbocycles. The molecule has 0 bridgehead atoms. The topological polar surface area (TPSA) is 29.1 Å². The van der Waals surface area contributed by atoms with E-state index in [4.69, 9.17) is 23.2 Å². The zero-order valence-electron chi connectivity index (χ0n) is 11.3. The van der Waals surface area contributed by atoms with Gasteiger partial charge >= 0.3 is 0 Å². The lowest BCUT2D eigenvalue weighted by atomic mass is 10.1. The number of halogens is 2. The van der Waals surface area contributed by atoms with Crippen molar-refractivity contribution in [1.29, 1.82) is 0 Å². The number of carbonyl (C=O) groups is 1. The number of carbonyl (C=O) groups excluding carboxylic acids is 1. The molecule has 1 aliphatic rings. The molecule has 1 atom stereocenters. The molecule has 0 aliphatic carbocycles. The fraction of sp³-hybridized carbons (Fsp3) is 0.188. The van der Waals surface area contributed by atoms with E-state index in [1.54, 1.807) is 30.0 Å². The van der Waals surface area contributed by atoms with Crippen LogP contribution in [0.2, 0.25) is 10.0 Å². The van der Waals surface area contributed by atoms with Crippen LogP contribution in [0, 0.1) is 6.92 Å². The van der Waals surface area contributed by atoms with Crippen molar-refractivity contribution in [2.24, 2.45) is 0 Å².